The summed E-state index contributed by atoms with van der Waals surface area (Å²) >= 11 is 0. The predicted molar refractivity (Wildman–Crippen MR) is 91.2 cm³/mol. The number of hydrogen-bond donors (Lipinski definition) is 2. The van der Waals surface area contributed by atoms with Crippen molar-refractivity contribution in [3.63, 3.8) is 0 Å². The average Bonchev–Trinajstić information content (AvgIpc) is 3.02. The van der Waals surface area contributed by atoms with Crippen LogP contribution in [0.4, 0.5) is 5.82 Å². The fraction of sp³-hybridized carbons (Fsp3) is 0.588. The number of ether oxygens (including phenoxy) is 3. The van der Waals surface area contributed by atoms with Crippen LogP contribution in [-0.2, 0) is 28.6 Å². The third-order valence-corrected chi connectivity index (χ3v) is 5.01. The summed E-state index contributed by atoms with van der Waals surface area (Å²) in [6, 6.07) is 1.33. The average molecular weight is 395 g/mol. The molecular weight excluding hydrogens is 374 g/mol. The first-order chi connectivity index (χ1) is 13.3. The van der Waals surface area contributed by atoms with Crippen LogP contribution in [0.25, 0.3) is 0 Å². The Kier molecular flexibility index (Phi) is 5.75. The largest absolute Gasteiger partial charge is 0.463 e. The van der Waals surface area contributed by atoms with Gasteiger partial charge in [-0.1, -0.05) is 13.8 Å². The number of nitrogens with zero attached hydrogens (tertiary/aromatic N) is 2. The molecule has 2 N–H and O–H groups in total. The second-order valence-corrected chi connectivity index (χ2v) is 6.78. The molecule has 28 heavy (non-hydrogen) atoms. The Hall–Kier alpha value is -2.79. The number of fused-ring (bicyclic) bond motifs is 1. The van der Waals surface area contributed by atoms with Gasteiger partial charge in [0, 0.05) is 18.5 Å². The molecular formula is C17H21N3O8. The second-order valence-electron chi connectivity index (χ2n) is 6.78. The highest BCUT2D eigenvalue weighted by molar-refractivity contribution is 6.34. The summed E-state index contributed by atoms with van der Waals surface area (Å²) in [6.07, 6.45) is -0.895. The van der Waals surface area contributed by atoms with Gasteiger partial charge in [0.1, 0.15) is 12.7 Å². The summed E-state index contributed by atoms with van der Waals surface area (Å²) in [4.78, 5) is 51.4. The molecule has 0 radical (unpaired) electrons. The van der Waals surface area contributed by atoms with Crippen LogP contribution in [0.1, 0.15) is 32.9 Å². The first-order valence-corrected chi connectivity index (χ1v) is 8.90. The molecule has 2 aliphatic rings. The smallest absolute Gasteiger partial charge is 0.375 e. The van der Waals surface area contributed by atoms with Crippen LogP contribution in [0.3, 0.4) is 0 Å². The molecule has 3 rings (SSSR count). The van der Waals surface area contributed by atoms with Gasteiger partial charge in [0.05, 0.1) is 5.92 Å². The maximum Gasteiger partial charge on any atom is 0.375 e. The molecule has 1 aromatic rings. The summed E-state index contributed by atoms with van der Waals surface area (Å²) < 4.78 is 17.4. The highest BCUT2D eigenvalue weighted by Crippen LogP contribution is 2.40. The lowest BCUT2D eigenvalue weighted by atomic mass is 9.90. The van der Waals surface area contributed by atoms with E-state index in [-0.39, 0.29) is 24.8 Å². The number of carbonyl (C=O) groups excluding carboxylic acids is 3. The summed E-state index contributed by atoms with van der Waals surface area (Å²) in [6.45, 7) is 3.45. The molecule has 5 atom stereocenters. The van der Waals surface area contributed by atoms with Crippen LogP contribution in [0.15, 0.2) is 17.1 Å². The van der Waals surface area contributed by atoms with Crippen LogP contribution in [-0.4, -0.2) is 51.3 Å². The third-order valence-electron chi connectivity index (χ3n) is 5.01. The second kappa shape index (κ2) is 8.07. The molecule has 2 aliphatic heterocycles. The molecule has 0 amide bonds. The number of aromatic nitrogens is 2. The van der Waals surface area contributed by atoms with Gasteiger partial charge in [0.25, 0.3) is 0 Å². The first kappa shape index (κ1) is 20.0. The molecule has 0 aromatic carbocycles. The van der Waals surface area contributed by atoms with E-state index >= 15 is 0 Å². The van der Waals surface area contributed by atoms with E-state index in [9.17, 15) is 19.2 Å². The van der Waals surface area contributed by atoms with Crippen LogP contribution in [0.2, 0.25) is 0 Å². The number of ketones is 1. The molecule has 3 heterocycles. The molecule has 2 fully saturated rings. The maximum atomic E-state index is 12.2. The minimum atomic E-state index is -1.04. The van der Waals surface area contributed by atoms with Crippen LogP contribution >= 0.6 is 0 Å². The van der Waals surface area contributed by atoms with E-state index in [1.54, 1.807) is 12.4 Å². The quantitative estimate of drug-likeness (QED) is 0.384. The fourth-order valence-electron chi connectivity index (χ4n) is 3.19. The van der Waals surface area contributed by atoms with Gasteiger partial charge in [-0.05, 0) is 12.5 Å². The van der Waals surface area contributed by atoms with Gasteiger partial charge in [-0.2, -0.15) is 4.98 Å². The van der Waals surface area contributed by atoms with Crippen LogP contribution in [0, 0.1) is 11.8 Å². The maximum absolute atomic E-state index is 12.2. The summed E-state index contributed by atoms with van der Waals surface area (Å²) in [5.41, 5.74) is 1.00. The molecule has 2 saturated heterocycles. The summed E-state index contributed by atoms with van der Waals surface area (Å²) in [5.74, 6) is -3.02. The number of carbonyl (C=O) groups is 3. The van der Waals surface area contributed by atoms with Crippen molar-refractivity contribution in [2.75, 3.05) is 12.1 Å². The van der Waals surface area contributed by atoms with Gasteiger partial charge in [-0.3, -0.25) is 24.8 Å². The number of nitrogens with one attached hydrogen (secondary N) is 1. The van der Waals surface area contributed by atoms with Gasteiger partial charge in [0.2, 0.25) is 5.78 Å². The standard InChI is InChI=1S/C17H21N3O8/c1-3-8(2)15(22)26-7-11-9-6-10(21)16(23)28-13(9)14(27-11)20-5-4-12(19-25)18-17(20)24/h4-5,8-9,11,13-14,25H,3,6-7H2,1-2H3,(H,18,19,24)/t8-,9+,11+,13+,14+/m0/s1. The van der Waals surface area contributed by atoms with Crippen LogP contribution < -0.4 is 11.2 Å². The lowest BCUT2D eigenvalue weighted by Gasteiger charge is -2.27. The number of anilines is 1. The zero-order valence-electron chi connectivity index (χ0n) is 15.4. The predicted octanol–water partition coefficient (Wildman–Crippen LogP) is 0.0319. The van der Waals surface area contributed by atoms with Crippen molar-refractivity contribution in [1.29, 1.82) is 0 Å². The van der Waals surface area contributed by atoms with E-state index in [0.29, 0.717) is 6.42 Å². The van der Waals surface area contributed by atoms with Gasteiger partial charge in [0.15, 0.2) is 18.1 Å². The number of hydrogen-bond acceptors (Lipinski definition) is 10. The molecule has 0 unspecified atom stereocenters. The van der Waals surface area contributed by atoms with Gasteiger partial charge >= 0.3 is 17.6 Å². The van der Waals surface area contributed by atoms with Crippen molar-refractivity contribution in [2.45, 2.75) is 45.1 Å². The Morgan fingerprint density at radius 3 is 2.86 bits per heavy atom. The highest BCUT2D eigenvalue weighted by atomic mass is 16.6. The minimum absolute atomic E-state index is 0.0642. The fourth-order valence-corrected chi connectivity index (χ4v) is 3.19. The minimum Gasteiger partial charge on any atom is -0.463 e. The molecule has 152 valence electrons. The monoisotopic (exact) mass is 395 g/mol. The Labute approximate surface area is 159 Å². The van der Waals surface area contributed by atoms with Crippen molar-refractivity contribution in [2.24, 2.45) is 11.8 Å². The first-order valence-electron chi connectivity index (χ1n) is 8.90. The van der Waals surface area contributed by atoms with Crippen molar-refractivity contribution >= 4 is 23.5 Å². The van der Waals surface area contributed by atoms with E-state index in [0.717, 1.165) is 4.57 Å². The molecule has 0 bridgehead atoms. The molecule has 11 heteroatoms. The highest BCUT2D eigenvalue weighted by Gasteiger charge is 2.53. The molecule has 1 aromatic heterocycles. The number of rotatable bonds is 6. The lowest BCUT2D eigenvalue weighted by molar-refractivity contribution is -0.169. The van der Waals surface area contributed by atoms with Crippen LogP contribution in [0.5, 0.6) is 0 Å². The Morgan fingerprint density at radius 1 is 1.46 bits per heavy atom. The molecule has 11 nitrogen and oxygen atoms in total. The summed E-state index contributed by atoms with van der Waals surface area (Å²) in [7, 11) is 0. The number of Topliss-reactive ketones (excluding diaryl/α,β-unsaturated/α-hetero) is 1. The Bertz CT molecular complexity index is 838. The van der Waals surface area contributed by atoms with Crippen molar-refractivity contribution in [3.8, 4) is 0 Å². The van der Waals surface area contributed by atoms with E-state index in [1.165, 1.54) is 12.3 Å². The zero-order valence-corrected chi connectivity index (χ0v) is 15.4. The zero-order chi connectivity index (χ0) is 20.4. The third kappa shape index (κ3) is 3.76. The summed E-state index contributed by atoms with van der Waals surface area (Å²) in [5, 5.41) is 8.85. The topological polar surface area (TPSA) is 146 Å². The normalized spacial score (nSPS) is 27.7. The van der Waals surface area contributed by atoms with Gasteiger partial charge in [-0.15, -0.1) is 0 Å². The molecule has 0 aliphatic carbocycles. The number of esters is 2. The Balaban J connectivity index is 1.83. The van der Waals surface area contributed by atoms with E-state index < -0.39 is 47.8 Å². The van der Waals surface area contributed by atoms with E-state index in [1.807, 2.05) is 6.92 Å². The van der Waals surface area contributed by atoms with Gasteiger partial charge in [-0.25, -0.2) is 9.59 Å². The van der Waals surface area contributed by atoms with E-state index in [4.69, 9.17) is 19.4 Å². The van der Waals surface area contributed by atoms with E-state index in [2.05, 4.69) is 4.98 Å². The van der Waals surface area contributed by atoms with Crippen molar-refractivity contribution in [1.82, 2.24) is 9.55 Å². The molecule has 0 spiro atoms. The molecule has 0 saturated carbocycles. The van der Waals surface area contributed by atoms with Crippen molar-refractivity contribution in [3.05, 3.63) is 22.7 Å². The van der Waals surface area contributed by atoms with Gasteiger partial charge < -0.3 is 14.2 Å². The van der Waals surface area contributed by atoms with Crippen molar-refractivity contribution < 1.29 is 33.8 Å². The lowest BCUT2D eigenvalue weighted by Crippen LogP contribution is -2.43. The Morgan fingerprint density at radius 2 is 2.21 bits per heavy atom. The SMILES string of the molecule is CC[C@H](C)C(=O)OC[C@H]1O[C@@H](n2ccc(NO)nc2=O)[C@@H]2OC(=O)C(=O)C[C@@H]21.